The summed E-state index contributed by atoms with van der Waals surface area (Å²) in [6.45, 7) is -0.583. The number of benzene rings is 1. The average Bonchev–Trinajstić information content (AvgIpc) is 2.37. The number of nitrogens with one attached hydrogen (secondary N) is 2. The summed E-state index contributed by atoms with van der Waals surface area (Å²) in [7, 11) is 1.80. The van der Waals surface area contributed by atoms with E-state index in [-0.39, 0.29) is 24.1 Å². The molecule has 0 aromatic heterocycles. The number of amides is 1. The number of halogens is 4. The summed E-state index contributed by atoms with van der Waals surface area (Å²) in [6.07, 6.45) is -3.26. The van der Waals surface area contributed by atoms with Gasteiger partial charge in [-0.1, -0.05) is 0 Å². The molecule has 0 fully saturated rings. The minimum Gasteiger partial charge on any atom is -0.484 e. The van der Waals surface area contributed by atoms with Crippen molar-refractivity contribution in [3.8, 4) is 5.75 Å². The lowest BCUT2D eigenvalue weighted by Crippen LogP contribution is -2.19. The Labute approximate surface area is 127 Å². The highest BCUT2D eigenvalue weighted by Gasteiger charge is 2.28. The van der Waals surface area contributed by atoms with Crippen molar-refractivity contribution in [3.63, 3.8) is 0 Å². The van der Waals surface area contributed by atoms with Crippen LogP contribution in [0.25, 0.3) is 0 Å². The van der Waals surface area contributed by atoms with Gasteiger partial charge in [-0.05, 0) is 44.3 Å². The molecule has 1 aromatic carbocycles. The maximum Gasteiger partial charge on any atom is 0.422 e. The van der Waals surface area contributed by atoms with Crippen LogP contribution in [0.2, 0.25) is 0 Å². The third-order valence-corrected chi connectivity index (χ3v) is 2.37. The molecule has 0 aliphatic rings. The molecule has 0 unspecified atom stereocenters. The fourth-order valence-corrected chi connectivity index (χ4v) is 1.45. The molecule has 0 atom stereocenters. The van der Waals surface area contributed by atoms with E-state index >= 15 is 0 Å². The Morgan fingerprint density at radius 2 is 1.86 bits per heavy atom. The van der Waals surface area contributed by atoms with E-state index in [1.165, 1.54) is 24.3 Å². The molecule has 21 heavy (non-hydrogen) atoms. The van der Waals surface area contributed by atoms with Crippen molar-refractivity contribution in [1.82, 2.24) is 5.32 Å². The normalized spacial score (nSPS) is 10.7. The second kappa shape index (κ2) is 9.46. The molecule has 0 saturated carbocycles. The zero-order chi connectivity index (χ0) is 15.0. The van der Waals surface area contributed by atoms with Crippen molar-refractivity contribution >= 4 is 24.0 Å². The average molecular weight is 327 g/mol. The van der Waals surface area contributed by atoms with E-state index in [2.05, 4.69) is 15.4 Å². The highest BCUT2D eigenvalue weighted by Crippen LogP contribution is 2.20. The van der Waals surface area contributed by atoms with Gasteiger partial charge in [0.05, 0.1) is 0 Å². The maximum absolute atomic E-state index is 12.0. The largest absolute Gasteiger partial charge is 0.484 e. The number of alkyl halides is 3. The molecule has 8 heteroatoms. The molecule has 4 nitrogen and oxygen atoms in total. The lowest BCUT2D eigenvalue weighted by Gasteiger charge is -2.10. The molecule has 0 aliphatic heterocycles. The van der Waals surface area contributed by atoms with Crippen LogP contribution >= 0.6 is 12.4 Å². The Kier molecular flexibility index (Phi) is 8.80. The maximum atomic E-state index is 12.0. The van der Waals surface area contributed by atoms with E-state index in [1.807, 2.05) is 0 Å². The van der Waals surface area contributed by atoms with Gasteiger partial charge in [0.2, 0.25) is 5.91 Å². The first kappa shape index (κ1) is 19.5. The molecule has 0 bridgehead atoms. The Hall–Kier alpha value is -1.47. The van der Waals surface area contributed by atoms with Crippen LogP contribution in [0.5, 0.6) is 5.75 Å². The van der Waals surface area contributed by atoms with Crippen molar-refractivity contribution < 1.29 is 22.7 Å². The van der Waals surface area contributed by atoms with E-state index in [0.29, 0.717) is 12.1 Å². The van der Waals surface area contributed by atoms with E-state index in [9.17, 15) is 18.0 Å². The van der Waals surface area contributed by atoms with Gasteiger partial charge in [-0.25, -0.2) is 0 Å². The molecule has 120 valence electrons. The number of anilines is 1. The zero-order valence-electron chi connectivity index (χ0n) is 11.5. The third-order valence-electron chi connectivity index (χ3n) is 2.37. The Morgan fingerprint density at radius 3 is 2.38 bits per heavy atom. The molecule has 1 rings (SSSR count). The minimum absolute atomic E-state index is 0. The van der Waals surface area contributed by atoms with Crippen LogP contribution in [0.15, 0.2) is 24.3 Å². The summed E-state index contributed by atoms with van der Waals surface area (Å²) >= 11 is 0. The van der Waals surface area contributed by atoms with E-state index in [4.69, 9.17) is 0 Å². The number of carbonyl (C=O) groups is 1. The molecule has 0 spiro atoms. The first-order chi connectivity index (χ1) is 9.40. The van der Waals surface area contributed by atoms with E-state index in [0.717, 1.165) is 13.0 Å². The Morgan fingerprint density at radius 1 is 1.24 bits per heavy atom. The van der Waals surface area contributed by atoms with Crippen molar-refractivity contribution in [2.75, 3.05) is 25.5 Å². The summed E-state index contributed by atoms with van der Waals surface area (Å²) in [4.78, 5) is 11.5. The van der Waals surface area contributed by atoms with E-state index in [1.54, 1.807) is 7.05 Å². The molecule has 1 aromatic rings. The monoisotopic (exact) mass is 326 g/mol. The molecule has 0 heterocycles. The molecular formula is C13H18ClF3N2O2. The molecule has 2 N–H and O–H groups in total. The summed E-state index contributed by atoms with van der Waals surface area (Å²) in [5.74, 6) is -0.0280. The van der Waals surface area contributed by atoms with Gasteiger partial charge >= 0.3 is 6.18 Å². The van der Waals surface area contributed by atoms with Crippen LogP contribution in [0.4, 0.5) is 18.9 Å². The standard InChI is InChI=1S/C13H17F3N2O2.ClH/c1-17-8-2-3-12(19)18-10-4-6-11(7-5-10)20-9-13(14,15)16;/h4-7,17H,2-3,8-9H2,1H3,(H,18,19);1H. The lowest BCUT2D eigenvalue weighted by atomic mass is 10.2. The van der Waals surface area contributed by atoms with Crippen molar-refractivity contribution in [1.29, 1.82) is 0 Å². The topological polar surface area (TPSA) is 50.4 Å². The van der Waals surface area contributed by atoms with Gasteiger partial charge in [0.25, 0.3) is 0 Å². The van der Waals surface area contributed by atoms with Crippen LogP contribution in [0.1, 0.15) is 12.8 Å². The van der Waals surface area contributed by atoms with Gasteiger partial charge in [0.1, 0.15) is 5.75 Å². The molecule has 0 saturated heterocycles. The number of hydrogen-bond donors (Lipinski definition) is 2. The van der Waals surface area contributed by atoms with Gasteiger partial charge in [-0.15, -0.1) is 12.4 Å². The van der Waals surface area contributed by atoms with Gasteiger partial charge in [-0.2, -0.15) is 13.2 Å². The first-order valence-electron chi connectivity index (χ1n) is 6.15. The predicted octanol–water partition coefficient (Wildman–Crippen LogP) is 2.99. The fraction of sp³-hybridized carbons (Fsp3) is 0.462. The van der Waals surface area contributed by atoms with Gasteiger partial charge in [-0.3, -0.25) is 4.79 Å². The quantitative estimate of drug-likeness (QED) is 0.757. The zero-order valence-corrected chi connectivity index (χ0v) is 12.3. The minimum atomic E-state index is -4.36. The Balaban J connectivity index is 0.00000400. The van der Waals surface area contributed by atoms with Crippen molar-refractivity contribution in [2.24, 2.45) is 0 Å². The van der Waals surface area contributed by atoms with E-state index < -0.39 is 12.8 Å². The van der Waals surface area contributed by atoms with Gasteiger partial charge in [0, 0.05) is 12.1 Å². The number of carbonyl (C=O) groups excluding carboxylic acids is 1. The van der Waals surface area contributed by atoms with Crippen LogP contribution in [-0.4, -0.2) is 32.3 Å². The number of hydrogen-bond acceptors (Lipinski definition) is 3. The van der Waals surface area contributed by atoms with Gasteiger partial charge in [0.15, 0.2) is 6.61 Å². The van der Waals surface area contributed by atoms with Gasteiger partial charge < -0.3 is 15.4 Å². The summed E-state index contributed by atoms with van der Waals surface area (Å²) in [6, 6.07) is 5.77. The van der Waals surface area contributed by atoms with Crippen LogP contribution in [0, 0.1) is 0 Å². The molecular weight excluding hydrogens is 309 g/mol. The van der Waals surface area contributed by atoms with Crippen molar-refractivity contribution in [3.05, 3.63) is 24.3 Å². The van der Waals surface area contributed by atoms with Crippen LogP contribution in [0.3, 0.4) is 0 Å². The summed E-state index contributed by atoms with van der Waals surface area (Å²) < 4.78 is 40.4. The smallest absolute Gasteiger partial charge is 0.422 e. The van der Waals surface area contributed by atoms with Crippen LogP contribution in [-0.2, 0) is 4.79 Å². The highest BCUT2D eigenvalue weighted by molar-refractivity contribution is 5.90. The second-order valence-corrected chi connectivity index (χ2v) is 4.18. The van der Waals surface area contributed by atoms with Crippen LogP contribution < -0.4 is 15.4 Å². The third kappa shape index (κ3) is 9.14. The predicted molar refractivity (Wildman–Crippen MR) is 77.0 cm³/mol. The molecule has 0 radical (unpaired) electrons. The second-order valence-electron chi connectivity index (χ2n) is 4.18. The number of ether oxygens (including phenoxy) is 1. The fourth-order valence-electron chi connectivity index (χ4n) is 1.45. The van der Waals surface area contributed by atoms with Crippen molar-refractivity contribution in [2.45, 2.75) is 19.0 Å². The SMILES string of the molecule is CNCCCC(=O)Nc1ccc(OCC(F)(F)F)cc1.Cl. The number of rotatable bonds is 7. The summed E-state index contributed by atoms with van der Waals surface area (Å²) in [5, 5.41) is 5.59. The highest BCUT2D eigenvalue weighted by atomic mass is 35.5. The Bertz CT molecular complexity index is 424. The molecule has 0 aliphatic carbocycles. The lowest BCUT2D eigenvalue weighted by molar-refractivity contribution is -0.153. The molecule has 1 amide bonds. The first-order valence-corrected chi connectivity index (χ1v) is 6.15. The summed E-state index contributed by atoms with van der Waals surface area (Å²) in [5.41, 5.74) is 0.527.